The Morgan fingerprint density at radius 3 is 2.26 bits per heavy atom. The molecule has 2 rings (SSSR count). The Balaban J connectivity index is 2.37. The van der Waals surface area contributed by atoms with Gasteiger partial charge in [0.25, 0.3) is 0 Å². The first-order valence-corrected chi connectivity index (χ1v) is 8.64. The fourth-order valence-electron chi connectivity index (χ4n) is 2.27. The summed E-state index contributed by atoms with van der Waals surface area (Å²) in [6.45, 7) is 3.55. The van der Waals surface area contributed by atoms with Crippen LogP contribution in [0.2, 0.25) is 0 Å². The normalized spacial score (nSPS) is 11.6. The first kappa shape index (κ1) is 17.2. The molecule has 6 heteroatoms. The SMILES string of the molecule is Cc1ccc(S(=O)(=O)N(CC(N)=O)Cc2cccc(C)c2)cc1. The van der Waals surface area contributed by atoms with Crippen LogP contribution in [-0.4, -0.2) is 25.2 Å². The van der Waals surface area contributed by atoms with Crippen molar-refractivity contribution in [2.45, 2.75) is 25.3 Å². The number of sulfonamides is 1. The monoisotopic (exact) mass is 332 g/mol. The van der Waals surface area contributed by atoms with E-state index in [2.05, 4.69) is 0 Å². The maximum atomic E-state index is 12.8. The number of hydrogen-bond donors (Lipinski definition) is 1. The van der Waals surface area contributed by atoms with Gasteiger partial charge in [-0.25, -0.2) is 8.42 Å². The minimum Gasteiger partial charge on any atom is -0.369 e. The lowest BCUT2D eigenvalue weighted by molar-refractivity contribution is -0.118. The molecule has 0 aromatic heterocycles. The van der Waals surface area contributed by atoms with Gasteiger partial charge in [-0.05, 0) is 31.5 Å². The minimum absolute atomic E-state index is 0.0980. The van der Waals surface area contributed by atoms with Crippen LogP contribution in [0.4, 0.5) is 0 Å². The topological polar surface area (TPSA) is 80.5 Å². The van der Waals surface area contributed by atoms with Crippen LogP contribution >= 0.6 is 0 Å². The maximum Gasteiger partial charge on any atom is 0.243 e. The lowest BCUT2D eigenvalue weighted by Gasteiger charge is -2.21. The van der Waals surface area contributed by atoms with Crippen molar-refractivity contribution in [2.75, 3.05) is 6.54 Å². The number of amides is 1. The number of nitrogens with zero attached hydrogens (tertiary/aromatic N) is 1. The van der Waals surface area contributed by atoms with Crippen LogP contribution in [0.25, 0.3) is 0 Å². The first-order chi connectivity index (χ1) is 10.8. The second-order valence-corrected chi connectivity index (χ2v) is 7.48. The summed E-state index contributed by atoms with van der Waals surface area (Å²) in [5, 5.41) is 0. The Morgan fingerprint density at radius 1 is 1.04 bits per heavy atom. The highest BCUT2D eigenvalue weighted by Crippen LogP contribution is 2.19. The second-order valence-electron chi connectivity index (χ2n) is 5.54. The minimum atomic E-state index is -3.79. The molecule has 122 valence electrons. The second kappa shape index (κ2) is 6.93. The molecule has 0 atom stereocenters. The summed E-state index contributed by atoms with van der Waals surface area (Å²) in [6, 6.07) is 14.0. The van der Waals surface area contributed by atoms with Crippen molar-refractivity contribution in [3.05, 3.63) is 65.2 Å². The van der Waals surface area contributed by atoms with Crippen molar-refractivity contribution in [2.24, 2.45) is 5.73 Å². The zero-order valence-corrected chi connectivity index (χ0v) is 14.0. The number of rotatable bonds is 6. The standard InChI is InChI=1S/C17H20N2O3S/c1-13-6-8-16(9-7-13)23(21,22)19(12-17(18)20)11-15-5-3-4-14(2)10-15/h3-10H,11-12H2,1-2H3,(H2,18,20). The van der Waals surface area contributed by atoms with Gasteiger partial charge in [0.15, 0.2) is 0 Å². The third-order valence-electron chi connectivity index (χ3n) is 3.43. The number of nitrogens with two attached hydrogens (primary N) is 1. The van der Waals surface area contributed by atoms with Crippen LogP contribution in [0.5, 0.6) is 0 Å². The van der Waals surface area contributed by atoms with Gasteiger partial charge in [-0.3, -0.25) is 4.79 Å². The molecule has 2 aromatic rings. The van der Waals surface area contributed by atoms with Gasteiger partial charge in [0.2, 0.25) is 15.9 Å². The molecule has 2 aromatic carbocycles. The molecule has 0 spiro atoms. The smallest absolute Gasteiger partial charge is 0.243 e. The molecule has 0 aliphatic rings. The highest BCUT2D eigenvalue weighted by atomic mass is 32.2. The predicted octanol–water partition coefficient (Wildman–Crippen LogP) is 1.98. The number of carbonyl (C=O) groups is 1. The summed E-state index contributed by atoms with van der Waals surface area (Å²) in [5.41, 5.74) is 8.02. The molecule has 0 fully saturated rings. The van der Waals surface area contributed by atoms with E-state index >= 15 is 0 Å². The molecule has 0 unspecified atom stereocenters. The number of hydrogen-bond acceptors (Lipinski definition) is 3. The Bertz CT molecular complexity index is 799. The Hall–Kier alpha value is -2.18. The largest absolute Gasteiger partial charge is 0.369 e. The average molecular weight is 332 g/mol. The van der Waals surface area contributed by atoms with Crippen LogP contribution in [0.1, 0.15) is 16.7 Å². The van der Waals surface area contributed by atoms with Gasteiger partial charge in [0, 0.05) is 6.54 Å². The highest BCUT2D eigenvalue weighted by molar-refractivity contribution is 7.89. The molecule has 23 heavy (non-hydrogen) atoms. The Kier molecular flexibility index (Phi) is 5.18. The molecule has 0 aliphatic heterocycles. The van der Waals surface area contributed by atoms with Crippen LogP contribution in [0.3, 0.4) is 0 Å². The fourth-order valence-corrected chi connectivity index (χ4v) is 3.67. The average Bonchev–Trinajstić information content (AvgIpc) is 2.46. The maximum absolute atomic E-state index is 12.8. The van der Waals surface area contributed by atoms with E-state index in [0.29, 0.717) is 0 Å². The van der Waals surface area contributed by atoms with E-state index in [1.54, 1.807) is 12.1 Å². The third kappa shape index (κ3) is 4.40. The number of aryl methyl sites for hydroxylation is 2. The van der Waals surface area contributed by atoms with E-state index in [1.165, 1.54) is 12.1 Å². The molecule has 2 N–H and O–H groups in total. The molecule has 0 saturated heterocycles. The van der Waals surface area contributed by atoms with Crippen molar-refractivity contribution in [3.63, 3.8) is 0 Å². The van der Waals surface area contributed by atoms with Gasteiger partial charge in [-0.2, -0.15) is 4.31 Å². The number of benzene rings is 2. The summed E-state index contributed by atoms with van der Waals surface area (Å²) >= 11 is 0. The summed E-state index contributed by atoms with van der Waals surface area (Å²) in [4.78, 5) is 11.5. The summed E-state index contributed by atoms with van der Waals surface area (Å²) in [5.74, 6) is -0.687. The molecule has 5 nitrogen and oxygen atoms in total. The summed E-state index contributed by atoms with van der Waals surface area (Å²) < 4.78 is 26.7. The van der Waals surface area contributed by atoms with E-state index in [0.717, 1.165) is 21.0 Å². The quantitative estimate of drug-likeness (QED) is 0.878. The van der Waals surface area contributed by atoms with E-state index in [9.17, 15) is 13.2 Å². The van der Waals surface area contributed by atoms with Crippen LogP contribution < -0.4 is 5.73 Å². The first-order valence-electron chi connectivity index (χ1n) is 7.20. The lowest BCUT2D eigenvalue weighted by atomic mass is 10.1. The number of primary amides is 1. The van der Waals surface area contributed by atoms with Gasteiger partial charge in [-0.1, -0.05) is 47.5 Å². The number of carbonyl (C=O) groups excluding carboxylic acids is 1. The van der Waals surface area contributed by atoms with Crippen molar-refractivity contribution in [3.8, 4) is 0 Å². The molecule has 1 amide bonds. The Morgan fingerprint density at radius 2 is 1.70 bits per heavy atom. The van der Waals surface area contributed by atoms with Gasteiger partial charge >= 0.3 is 0 Å². The molecule has 0 aliphatic carbocycles. The predicted molar refractivity (Wildman–Crippen MR) is 89.1 cm³/mol. The van der Waals surface area contributed by atoms with E-state index in [1.807, 2.05) is 38.1 Å². The van der Waals surface area contributed by atoms with Gasteiger partial charge in [0.1, 0.15) is 0 Å². The van der Waals surface area contributed by atoms with Gasteiger partial charge in [0.05, 0.1) is 11.4 Å². The van der Waals surface area contributed by atoms with Crippen molar-refractivity contribution < 1.29 is 13.2 Å². The zero-order valence-electron chi connectivity index (χ0n) is 13.2. The summed E-state index contributed by atoms with van der Waals surface area (Å²) in [6.07, 6.45) is 0. The van der Waals surface area contributed by atoms with Crippen molar-refractivity contribution in [1.29, 1.82) is 0 Å². The van der Waals surface area contributed by atoms with Crippen LogP contribution in [-0.2, 0) is 21.4 Å². The lowest BCUT2D eigenvalue weighted by Crippen LogP contribution is -2.38. The van der Waals surface area contributed by atoms with E-state index in [4.69, 9.17) is 5.73 Å². The molecule has 0 saturated carbocycles. The van der Waals surface area contributed by atoms with Crippen LogP contribution in [0.15, 0.2) is 53.4 Å². The van der Waals surface area contributed by atoms with Gasteiger partial charge in [-0.15, -0.1) is 0 Å². The third-order valence-corrected chi connectivity index (χ3v) is 5.24. The fraction of sp³-hybridized carbons (Fsp3) is 0.235. The van der Waals surface area contributed by atoms with E-state index < -0.39 is 15.9 Å². The van der Waals surface area contributed by atoms with Crippen molar-refractivity contribution >= 4 is 15.9 Å². The van der Waals surface area contributed by atoms with Gasteiger partial charge < -0.3 is 5.73 Å². The summed E-state index contributed by atoms with van der Waals surface area (Å²) in [7, 11) is -3.79. The zero-order chi connectivity index (χ0) is 17.0. The molecular formula is C17H20N2O3S. The molecular weight excluding hydrogens is 312 g/mol. The molecule has 0 heterocycles. The highest BCUT2D eigenvalue weighted by Gasteiger charge is 2.26. The Labute approximate surface area is 136 Å². The van der Waals surface area contributed by atoms with E-state index in [-0.39, 0.29) is 18.0 Å². The molecule has 0 radical (unpaired) electrons. The van der Waals surface area contributed by atoms with Crippen molar-refractivity contribution in [1.82, 2.24) is 4.31 Å². The van der Waals surface area contributed by atoms with Crippen LogP contribution in [0, 0.1) is 13.8 Å². The molecule has 0 bridgehead atoms.